The second-order valence-electron chi connectivity index (χ2n) is 5.72. The number of pyridine rings is 1. The number of nitrogens with one attached hydrogen (secondary N) is 1. The number of hydrogen-bond donors (Lipinski definition) is 2. The van der Waals surface area contributed by atoms with E-state index in [2.05, 4.69) is 20.5 Å². The molecule has 3 N–H and O–H groups in total. The van der Waals surface area contributed by atoms with E-state index in [-0.39, 0.29) is 34.2 Å². The van der Waals surface area contributed by atoms with Gasteiger partial charge in [-0.2, -0.15) is 0 Å². The first-order valence-electron chi connectivity index (χ1n) is 8.62. The van der Waals surface area contributed by atoms with E-state index in [1.165, 1.54) is 22.6 Å². The molecule has 0 atom stereocenters. The first-order valence-corrected chi connectivity index (χ1v) is 11.3. The first kappa shape index (κ1) is 23.6. The van der Waals surface area contributed by atoms with Gasteiger partial charge in [-0.3, -0.25) is 9.59 Å². The number of carbonyl (C=O) groups excluding carboxylic acids is 2. The summed E-state index contributed by atoms with van der Waals surface area (Å²) in [5, 5.41) is 12.0. The summed E-state index contributed by atoms with van der Waals surface area (Å²) in [4.78, 5) is 30.0. The Morgan fingerprint density at radius 2 is 1.76 bits per heavy atom. The van der Waals surface area contributed by atoms with Crippen molar-refractivity contribution in [2.45, 2.75) is 31.1 Å². The van der Waals surface area contributed by atoms with Gasteiger partial charge in [0.1, 0.15) is 0 Å². The van der Waals surface area contributed by atoms with Crippen LogP contribution in [0.3, 0.4) is 0 Å². The molecule has 0 spiro atoms. The lowest BCUT2D eigenvalue weighted by molar-refractivity contribution is -0.128. The summed E-state index contributed by atoms with van der Waals surface area (Å²) in [6, 6.07) is 0. The molecule has 0 saturated carbocycles. The summed E-state index contributed by atoms with van der Waals surface area (Å²) in [6.07, 6.45) is 1.42. The van der Waals surface area contributed by atoms with Crippen molar-refractivity contribution in [1.82, 2.24) is 24.8 Å². The minimum Gasteiger partial charge on any atom is -0.343 e. The summed E-state index contributed by atoms with van der Waals surface area (Å²) in [5.41, 5.74) is 0.633. The van der Waals surface area contributed by atoms with Gasteiger partial charge in [-0.1, -0.05) is 46.7 Å². The predicted octanol–water partition coefficient (Wildman–Crippen LogP) is 2.69. The number of halogens is 2. The largest absolute Gasteiger partial charge is 0.343 e. The van der Waals surface area contributed by atoms with E-state index in [1.54, 1.807) is 11.8 Å². The molecule has 0 unspecified atom stereocenters. The smallest absolute Gasteiger partial charge is 0.236 e. The Labute approximate surface area is 187 Å². The number of anilines is 1. The number of amides is 2. The highest BCUT2D eigenvalue weighted by molar-refractivity contribution is 8.00. The molecule has 0 bridgehead atoms. The second-order valence-corrected chi connectivity index (χ2v) is 8.39. The number of aromatic nitrogens is 4. The third-order valence-corrected chi connectivity index (χ3v) is 6.58. The predicted molar refractivity (Wildman–Crippen MR) is 117 cm³/mol. The van der Waals surface area contributed by atoms with Gasteiger partial charge in [0.2, 0.25) is 22.1 Å². The van der Waals surface area contributed by atoms with Crippen molar-refractivity contribution in [3.8, 4) is 0 Å². The topological polar surface area (TPSA) is 119 Å². The number of carbonyl (C=O) groups is 2. The monoisotopic (exact) mass is 477 g/mol. The van der Waals surface area contributed by atoms with Crippen LogP contribution in [-0.2, 0) is 9.59 Å². The van der Waals surface area contributed by atoms with E-state index in [0.29, 0.717) is 34.0 Å². The fourth-order valence-corrected chi connectivity index (χ4v) is 4.06. The molecule has 2 aromatic rings. The van der Waals surface area contributed by atoms with E-state index < -0.39 is 0 Å². The van der Waals surface area contributed by atoms with Crippen molar-refractivity contribution in [3.63, 3.8) is 0 Å². The number of nitrogens with zero attached hydrogens (tertiary/aromatic N) is 5. The van der Waals surface area contributed by atoms with Crippen LogP contribution in [0.4, 0.5) is 5.82 Å². The van der Waals surface area contributed by atoms with Crippen LogP contribution in [0, 0.1) is 6.92 Å². The molecule has 0 aliphatic heterocycles. The highest BCUT2D eigenvalue weighted by Crippen LogP contribution is 2.29. The van der Waals surface area contributed by atoms with Crippen LogP contribution in [0.5, 0.6) is 0 Å². The van der Waals surface area contributed by atoms with Crippen molar-refractivity contribution in [3.05, 3.63) is 21.8 Å². The van der Waals surface area contributed by atoms with Crippen LogP contribution in [0.1, 0.15) is 19.4 Å². The Kier molecular flexibility index (Phi) is 8.87. The van der Waals surface area contributed by atoms with Crippen LogP contribution in [0.2, 0.25) is 10.0 Å². The SMILES string of the molecule is CCN(CC)C(=O)CSc1nnc(SCC(=O)Nc2ncc(Cl)c(C)c2Cl)n1N. The Bertz CT molecular complexity index is 890. The molecule has 0 saturated heterocycles. The molecule has 13 heteroatoms. The molecular weight excluding hydrogens is 457 g/mol. The highest BCUT2D eigenvalue weighted by Gasteiger charge is 2.17. The van der Waals surface area contributed by atoms with Crippen LogP contribution < -0.4 is 11.2 Å². The van der Waals surface area contributed by atoms with Crippen LogP contribution in [-0.4, -0.2) is 61.2 Å². The molecule has 0 aromatic carbocycles. The molecular formula is C16H21Cl2N7O2S2. The van der Waals surface area contributed by atoms with Gasteiger partial charge in [0, 0.05) is 19.3 Å². The molecule has 2 aromatic heterocycles. The lowest BCUT2D eigenvalue weighted by atomic mass is 10.3. The van der Waals surface area contributed by atoms with E-state index in [0.717, 1.165) is 11.8 Å². The standard InChI is InChI=1S/C16H21Cl2N7O2S2/c1-4-24(5-2)12(27)8-29-16-23-22-15(25(16)19)28-7-11(26)21-14-13(18)9(3)10(17)6-20-14/h6H,4-5,7-8,19H2,1-3H3,(H,20,21,26). The zero-order chi connectivity index (χ0) is 21.6. The fourth-order valence-electron chi connectivity index (χ4n) is 2.20. The molecule has 0 fully saturated rings. The van der Waals surface area contributed by atoms with Gasteiger partial charge in [0.25, 0.3) is 0 Å². The van der Waals surface area contributed by atoms with Gasteiger partial charge < -0.3 is 16.1 Å². The summed E-state index contributed by atoms with van der Waals surface area (Å²) >= 11 is 14.4. The van der Waals surface area contributed by atoms with Crippen LogP contribution >= 0.6 is 46.7 Å². The Balaban J connectivity index is 1.91. The molecule has 158 valence electrons. The molecule has 0 aliphatic carbocycles. The van der Waals surface area contributed by atoms with Crippen LogP contribution in [0.25, 0.3) is 0 Å². The summed E-state index contributed by atoms with van der Waals surface area (Å²) in [7, 11) is 0. The third kappa shape index (κ3) is 6.14. The minimum absolute atomic E-state index is 0.000725. The summed E-state index contributed by atoms with van der Waals surface area (Å²) in [6.45, 7) is 6.87. The highest BCUT2D eigenvalue weighted by atomic mass is 35.5. The maximum Gasteiger partial charge on any atom is 0.236 e. The Morgan fingerprint density at radius 3 is 2.34 bits per heavy atom. The number of hydrogen-bond acceptors (Lipinski definition) is 8. The van der Waals surface area contributed by atoms with Gasteiger partial charge >= 0.3 is 0 Å². The minimum atomic E-state index is -0.333. The summed E-state index contributed by atoms with van der Waals surface area (Å²) < 4.78 is 1.26. The fraction of sp³-hybridized carbons (Fsp3) is 0.438. The van der Waals surface area contributed by atoms with Gasteiger partial charge in [-0.15, -0.1) is 10.2 Å². The molecule has 2 rings (SSSR count). The molecule has 2 amide bonds. The first-order chi connectivity index (χ1) is 13.8. The molecule has 0 radical (unpaired) electrons. The van der Waals surface area contributed by atoms with Gasteiger partial charge in [0.15, 0.2) is 5.82 Å². The van der Waals surface area contributed by atoms with E-state index in [1.807, 2.05) is 13.8 Å². The maximum atomic E-state index is 12.2. The number of nitrogens with two attached hydrogens (primary N) is 1. The van der Waals surface area contributed by atoms with Gasteiger partial charge in [-0.05, 0) is 26.3 Å². The number of thioether (sulfide) groups is 2. The lowest BCUT2D eigenvalue weighted by Gasteiger charge is -2.17. The molecule has 9 nitrogen and oxygen atoms in total. The average molecular weight is 478 g/mol. The van der Waals surface area contributed by atoms with Crippen molar-refractivity contribution in [1.29, 1.82) is 0 Å². The Hall–Kier alpha value is -1.69. The van der Waals surface area contributed by atoms with Crippen molar-refractivity contribution in [2.24, 2.45) is 0 Å². The number of nitrogen functional groups attached to an aromatic ring is 1. The van der Waals surface area contributed by atoms with Crippen molar-refractivity contribution in [2.75, 3.05) is 35.8 Å². The van der Waals surface area contributed by atoms with Crippen molar-refractivity contribution >= 4 is 64.4 Å². The zero-order valence-electron chi connectivity index (χ0n) is 16.1. The molecule has 29 heavy (non-hydrogen) atoms. The van der Waals surface area contributed by atoms with Crippen molar-refractivity contribution < 1.29 is 9.59 Å². The van der Waals surface area contributed by atoms with E-state index in [9.17, 15) is 9.59 Å². The average Bonchev–Trinajstić information content (AvgIpc) is 3.05. The van der Waals surface area contributed by atoms with E-state index in [4.69, 9.17) is 29.0 Å². The normalized spacial score (nSPS) is 10.8. The number of rotatable bonds is 9. The molecule has 2 heterocycles. The van der Waals surface area contributed by atoms with Gasteiger partial charge in [0.05, 0.1) is 21.6 Å². The quantitative estimate of drug-likeness (QED) is 0.417. The third-order valence-electron chi connectivity index (χ3n) is 3.87. The van der Waals surface area contributed by atoms with E-state index >= 15 is 0 Å². The summed E-state index contributed by atoms with van der Waals surface area (Å²) in [5.74, 6) is 6.11. The van der Waals surface area contributed by atoms with Crippen LogP contribution in [0.15, 0.2) is 16.5 Å². The molecule has 0 aliphatic rings. The maximum absolute atomic E-state index is 12.2. The lowest BCUT2D eigenvalue weighted by Crippen LogP contribution is -2.32. The Morgan fingerprint density at radius 1 is 1.17 bits per heavy atom. The zero-order valence-corrected chi connectivity index (χ0v) is 19.3. The van der Waals surface area contributed by atoms with Gasteiger partial charge in [-0.25, -0.2) is 9.66 Å². The second kappa shape index (κ2) is 10.9.